The molecule has 5 nitrogen and oxygen atoms in total. The van der Waals surface area contributed by atoms with Gasteiger partial charge >= 0.3 is 0 Å². The molecule has 0 amide bonds. The van der Waals surface area contributed by atoms with Crippen LogP contribution in [0.15, 0.2) is 30.3 Å². The van der Waals surface area contributed by atoms with Gasteiger partial charge in [0.1, 0.15) is 5.82 Å². The number of nitrogens with zero attached hydrogens (tertiary/aromatic N) is 2. The zero-order chi connectivity index (χ0) is 17.3. The van der Waals surface area contributed by atoms with Crippen LogP contribution in [-0.2, 0) is 6.54 Å². The molecule has 24 heavy (non-hydrogen) atoms. The van der Waals surface area contributed by atoms with Crippen molar-refractivity contribution in [3.05, 3.63) is 41.5 Å². The molecule has 0 radical (unpaired) electrons. The van der Waals surface area contributed by atoms with Crippen molar-refractivity contribution in [3.8, 4) is 22.9 Å². The summed E-state index contributed by atoms with van der Waals surface area (Å²) in [6, 6.07) is 10.0. The van der Waals surface area contributed by atoms with E-state index >= 15 is 0 Å². The summed E-state index contributed by atoms with van der Waals surface area (Å²) in [4.78, 5) is 4.77. The molecule has 1 aromatic heterocycles. The summed E-state index contributed by atoms with van der Waals surface area (Å²) in [6.45, 7) is 4.68. The topological polar surface area (TPSA) is 56.5 Å². The van der Waals surface area contributed by atoms with E-state index in [1.54, 1.807) is 14.2 Å². The number of ether oxygens (including phenoxy) is 2. The van der Waals surface area contributed by atoms with Crippen molar-refractivity contribution in [2.75, 3.05) is 20.8 Å². The molecule has 0 aliphatic carbocycles. The molecule has 0 bridgehead atoms. The molecule has 2 aromatic carbocycles. The lowest BCUT2D eigenvalue weighted by Gasteiger charge is -2.10. The summed E-state index contributed by atoms with van der Waals surface area (Å²) in [7, 11) is 3.22. The third-order valence-electron chi connectivity index (χ3n) is 4.34. The fourth-order valence-electron chi connectivity index (χ4n) is 2.88. The normalized spacial score (nSPS) is 11.0. The SMILES string of the molecule is COc1cc2nc(-c3ccc(C)c(C)c3)n(CCO)c2cc1OC. The Balaban J connectivity index is 2.26. The molecule has 0 saturated carbocycles. The predicted molar refractivity (Wildman–Crippen MR) is 94.8 cm³/mol. The van der Waals surface area contributed by atoms with Crippen LogP contribution in [0, 0.1) is 13.8 Å². The first-order valence-electron chi connectivity index (χ1n) is 7.89. The first kappa shape index (κ1) is 16.3. The third-order valence-corrected chi connectivity index (χ3v) is 4.34. The summed E-state index contributed by atoms with van der Waals surface area (Å²) in [5, 5.41) is 9.49. The van der Waals surface area contributed by atoms with Gasteiger partial charge in [-0.15, -0.1) is 0 Å². The molecular formula is C19H22N2O3. The van der Waals surface area contributed by atoms with Gasteiger partial charge in [-0.25, -0.2) is 4.98 Å². The summed E-state index contributed by atoms with van der Waals surface area (Å²) in [5.41, 5.74) is 5.21. The maximum absolute atomic E-state index is 9.49. The van der Waals surface area contributed by atoms with Gasteiger partial charge in [-0.2, -0.15) is 0 Å². The smallest absolute Gasteiger partial charge is 0.163 e. The van der Waals surface area contributed by atoms with Crippen molar-refractivity contribution >= 4 is 11.0 Å². The zero-order valence-electron chi connectivity index (χ0n) is 14.5. The third kappa shape index (κ3) is 2.71. The molecule has 0 unspecified atom stereocenters. The lowest BCUT2D eigenvalue weighted by molar-refractivity contribution is 0.278. The zero-order valence-corrected chi connectivity index (χ0v) is 14.5. The van der Waals surface area contributed by atoms with Gasteiger partial charge in [0.05, 0.1) is 31.9 Å². The van der Waals surface area contributed by atoms with Gasteiger partial charge in [0.2, 0.25) is 0 Å². The monoisotopic (exact) mass is 326 g/mol. The van der Waals surface area contributed by atoms with Gasteiger partial charge in [-0.3, -0.25) is 0 Å². The van der Waals surface area contributed by atoms with Gasteiger partial charge in [0.25, 0.3) is 0 Å². The molecule has 126 valence electrons. The quantitative estimate of drug-likeness (QED) is 0.781. The van der Waals surface area contributed by atoms with Crippen LogP contribution in [-0.4, -0.2) is 35.5 Å². The molecule has 0 spiro atoms. The highest BCUT2D eigenvalue weighted by Gasteiger charge is 2.16. The Bertz CT molecular complexity index is 884. The minimum atomic E-state index is 0.0393. The largest absolute Gasteiger partial charge is 0.493 e. The van der Waals surface area contributed by atoms with E-state index in [0.717, 1.165) is 22.4 Å². The standard InChI is InChI=1S/C19H22N2O3/c1-12-5-6-14(9-13(12)2)19-20-15-10-17(23-3)18(24-4)11-16(15)21(19)7-8-22/h5-6,9-11,22H,7-8H2,1-4H3. The highest BCUT2D eigenvalue weighted by atomic mass is 16.5. The van der Waals surface area contributed by atoms with Crippen molar-refractivity contribution in [2.24, 2.45) is 0 Å². The van der Waals surface area contributed by atoms with Crippen molar-refractivity contribution in [1.29, 1.82) is 0 Å². The number of benzene rings is 2. The van der Waals surface area contributed by atoms with E-state index in [1.807, 2.05) is 16.7 Å². The Morgan fingerprint density at radius 2 is 1.71 bits per heavy atom. The average molecular weight is 326 g/mol. The van der Waals surface area contributed by atoms with E-state index in [-0.39, 0.29) is 6.61 Å². The van der Waals surface area contributed by atoms with E-state index in [0.29, 0.717) is 18.0 Å². The highest BCUT2D eigenvalue weighted by molar-refractivity contribution is 5.84. The lowest BCUT2D eigenvalue weighted by Crippen LogP contribution is -2.04. The van der Waals surface area contributed by atoms with Crippen LogP contribution in [0.1, 0.15) is 11.1 Å². The van der Waals surface area contributed by atoms with Crippen LogP contribution in [0.25, 0.3) is 22.4 Å². The Hall–Kier alpha value is -2.53. The molecule has 1 N–H and O–H groups in total. The number of hydrogen-bond acceptors (Lipinski definition) is 4. The number of aliphatic hydroxyl groups is 1. The predicted octanol–water partition coefficient (Wildman–Crippen LogP) is 3.33. The molecule has 0 aliphatic heterocycles. The van der Waals surface area contributed by atoms with E-state index in [4.69, 9.17) is 14.5 Å². The van der Waals surface area contributed by atoms with Crippen molar-refractivity contribution < 1.29 is 14.6 Å². The molecule has 5 heteroatoms. The van der Waals surface area contributed by atoms with Gasteiger partial charge in [-0.1, -0.05) is 12.1 Å². The Kier molecular flexibility index (Phi) is 4.44. The summed E-state index contributed by atoms with van der Waals surface area (Å²) < 4.78 is 12.8. The maximum atomic E-state index is 9.49. The average Bonchev–Trinajstić information content (AvgIpc) is 2.94. The molecular weight excluding hydrogens is 304 g/mol. The Labute approximate surface area is 141 Å². The second-order valence-electron chi connectivity index (χ2n) is 5.81. The van der Waals surface area contributed by atoms with Crippen LogP contribution in [0.5, 0.6) is 11.5 Å². The van der Waals surface area contributed by atoms with Crippen LogP contribution in [0.4, 0.5) is 0 Å². The first-order valence-corrected chi connectivity index (χ1v) is 7.89. The van der Waals surface area contributed by atoms with Crippen molar-refractivity contribution in [2.45, 2.75) is 20.4 Å². The molecule has 0 saturated heterocycles. The van der Waals surface area contributed by atoms with E-state index in [2.05, 4.69) is 32.0 Å². The number of fused-ring (bicyclic) bond motifs is 1. The number of aromatic nitrogens is 2. The number of hydrogen-bond donors (Lipinski definition) is 1. The van der Waals surface area contributed by atoms with E-state index in [1.165, 1.54) is 11.1 Å². The van der Waals surface area contributed by atoms with Gasteiger partial charge in [-0.05, 0) is 31.0 Å². The summed E-state index contributed by atoms with van der Waals surface area (Å²) in [6.07, 6.45) is 0. The van der Waals surface area contributed by atoms with Crippen LogP contribution in [0.2, 0.25) is 0 Å². The van der Waals surface area contributed by atoms with E-state index in [9.17, 15) is 5.11 Å². The minimum Gasteiger partial charge on any atom is -0.493 e. The number of aryl methyl sites for hydroxylation is 2. The molecule has 3 rings (SSSR count). The Morgan fingerprint density at radius 3 is 2.33 bits per heavy atom. The minimum absolute atomic E-state index is 0.0393. The molecule has 0 fully saturated rings. The second kappa shape index (κ2) is 6.53. The van der Waals surface area contributed by atoms with Gasteiger partial charge in [0.15, 0.2) is 11.5 Å². The fourth-order valence-corrected chi connectivity index (χ4v) is 2.88. The number of rotatable bonds is 5. The first-order chi connectivity index (χ1) is 11.6. The fraction of sp³-hybridized carbons (Fsp3) is 0.316. The lowest BCUT2D eigenvalue weighted by atomic mass is 10.1. The number of aliphatic hydroxyl groups excluding tert-OH is 1. The molecule has 0 aliphatic rings. The Morgan fingerprint density at radius 1 is 1.00 bits per heavy atom. The van der Waals surface area contributed by atoms with Gasteiger partial charge in [0, 0.05) is 24.2 Å². The second-order valence-corrected chi connectivity index (χ2v) is 5.81. The van der Waals surface area contributed by atoms with Crippen LogP contribution in [0.3, 0.4) is 0 Å². The number of methoxy groups -OCH3 is 2. The van der Waals surface area contributed by atoms with Crippen molar-refractivity contribution in [3.63, 3.8) is 0 Å². The highest BCUT2D eigenvalue weighted by Crippen LogP contribution is 2.34. The molecule has 0 atom stereocenters. The van der Waals surface area contributed by atoms with Gasteiger partial charge < -0.3 is 19.1 Å². The van der Waals surface area contributed by atoms with Crippen LogP contribution >= 0.6 is 0 Å². The maximum Gasteiger partial charge on any atom is 0.163 e. The molecule has 3 aromatic rings. The van der Waals surface area contributed by atoms with Crippen LogP contribution < -0.4 is 9.47 Å². The molecule has 1 heterocycles. The van der Waals surface area contributed by atoms with Crippen molar-refractivity contribution in [1.82, 2.24) is 9.55 Å². The van der Waals surface area contributed by atoms with E-state index < -0.39 is 0 Å². The summed E-state index contributed by atoms with van der Waals surface area (Å²) >= 11 is 0. The summed E-state index contributed by atoms with van der Waals surface area (Å²) in [5.74, 6) is 2.12. The number of imidazole rings is 1.